The van der Waals surface area contributed by atoms with Crippen LogP contribution in [0.1, 0.15) is 62.1 Å². The first-order chi connectivity index (χ1) is 13.2. The van der Waals surface area contributed by atoms with Crippen molar-refractivity contribution in [1.29, 1.82) is 0 Å². The summed E-state index contributed by atoms with van der Waals surface area (Å²) in [5.41, 5.74) is 2.67. The minimum atomic E-state index is -0.166. The van der Waals surface area contributed by atoms with Crippen molar-refractivity contribution in [3.63, 3.8) is 0 Å². The van der Waals surface area contributed by atoms with E-state index in [4.69, 9.17) is 0 Å². The second-order valence-electron chi connectivity index (χ2n) is 6.91. The molecule has 27 heavy (non-hydrogen) atoms. The van der Waals surface area contributed by atoms with Crippen LogP contribution in [0.3, 0.4) is 0 Å². The maximum absolute atomic E-state index is 11.9. The number of carbonyl (C=O) groups excluding carboxylic acids is 1. The Labute approximate surface area is 161 Å². The van der Waals surface area contributed by atoms with Crippen LogP contribution in [0.25, 0.3) is 0 Å². The topological polar surface area (TPSA) is 66.9 Å². The van der Waals surface area contributed by atoms with Crippen LogP contribution in [0.5, 0.6) is 0 Å². The van der Waals surface area contributed by atoms with Crippen LogP contribution in [-0.4, -0.2) is 28.5 Å². The van der Waals surface area contributed by atoms with Gasteiger partial charge in [0, 0.05) is 30.5 Å². The third-order valence-electron chi connectivity index (χ3n) is 4.85. The maximum atomic E-state index is 11.9. The van der Waals surface area contributed by atoms with Crippen LogP contribution in [-0.2, 0) is 4.79 Å². The molecular weight excluding hydrogens is 336 g/mol. The number of carbonyl (C=O) groups is 1. The molecule has 0 spiro atoms. The molecule has 2 N–H and O–H groups in total. The molecule has 1 unspecified atom stereocenters. The first-order valence-electron chi connectivity index (χ1n) is 9.64. The minimum absolute atomic E-state index is 0.0415. The van der Waals surface area contributed by atoms with Crippen molar-refractivity contribution in [3.8, 4) is 11.8 Å². The lowest BCUT2D eigenvalue weighted by molar-refractivity contribution is -0.122. The van der Waals surface area contributed by atoms with Gasteiger partial charge >= 0.3 is 0 Å². The van der Waals surface area contributed by atoms with E-state index in [9.17, 15) is 4.79 Å². The molecule has 1 aliphatic rings. The number of hydrogen-bond acceptors (Lipinski definition) is 4. The van der Waals surface area contributed by atoms with Crippen LogP contribution in [0.2, 0.25) is 0 Å². The van der Waals surface area contributed by atoms with E-state index >= 15 is 0 Å². The smallest absolute Gasteiger partial charge is 0.227 e. The van der Waals surface area contributed by atoms with Crippen LogP contribution in [0.15, 0.2) is 36.7 Å². The Morgan fingerprint density at radius 1 is 1.11 bits per heavy atom. The molecule has 2 aromatic rings. The van der Waals surface area contributed by atoms with Gasteiger partial charge in [0.05, 0.1) is 11.5 Å². The molecule has 5 heteroatoms. The minimum Gasteiger partial charge on any atom is -0.356 e. The number of hydrogen-bond donors (Lipinski definition) is 2. The highest BCUT2D eigenvalue weighted by molar-refractivity contribution is 5.83. The summed E-state index contributed by atoms with van der Waals surface area (Å²) in [6.07, 6.45) is 8.45. The molecule has 1 aromatic heterocycles. The Balaban J connectivity index is 1.60. The lowest BCUT2D eigenvalue weighted by Crippen LogP contribution is -2.27. The monoisotopic (exact) mass is 362 g/mol. The van der Waals surface area contributed by atoms with Gasteiger partial charge in [-0.25, -0.2) is 9.97 Å². The molecule has 1 amide bonds. The third kappa shape index (κ3) is 5.30. The molecule has 3 rings (SSSR count). The van der Waals surface area contributed by atoms with E-state index in [-0.39, 0.29) is 11.8 Å². The number of likely N-dealkylation sites (N-methyl/N-ethyl adjacent to an activating group) is 1. The zero-order valence-electron chi connectivity index (χ0n) is 16.0. The molecule has 5 nitrogen and oxygen atoms in total. The molecule has 0 aliphatic heterocycles. The average molecular weight is 362 g/mol. The quantitative estimate of drug-likeness (QED) is 0.799. The third-order valence-corrected chi connectivity index (χ3v) is 4.85. The fourth-order valence-electron chi connectivity index (χ4n) is 3.20. The van der Waals surface area contributed by atoms with Crippen molar-refractivity contribution >= 4 is 11.9 Å². The molecule has 1 aliphatic carbocycles. The van der Waals surface area contributed by atoms with Crippen molar-refractivity contribution in [1.82, 2.24) is 15.3 Å². The Hall–Kier alpha value is -2.87. The van der Waals surface area contributed by atoms with Crippen LogP contribution < -0.4 is 10.6 Å². The first kappa shape index (κ1) is 18.9. The van der Waals surface area contributed by atoms with Crippen LogP contribution in [0, 0.1) is 11.8 Å². The number of amides is 1. The average Bonchev–Trinajstić information content (AvgIpc) is 3.20. The number of nitrogens with one attached hydrogen (secondary N) is 2. The van der Waals surface area contributed by atoms with Crippen molar-refractivity contribution in [2.24, 2.45) is 0 Å². The Bertz CT molecular complexity index is 812. The summed E-state index contributed by atoms with van der Waals surface area (Å²) >= 11 is 0. The van der Waals surface area contributed by atoms with Gasteiger partial charge in [0.15, 0.2) is 0 Å². The second-order valence-corrected chi connectivity index (χ2v) is 6.91. The number of rotatable bonds is 5. The molecular formula is C22H26N4O. The summed E-state index contributed by atoms with van der Waals surface area (Å²) in [6, 6.07) is 8.29. The summed E-state index contributed by atoms with van der Waals surface area (Å²) in [6.45, 7) is 4.47. The van der Waals surface area contributed by atoms with Crippen molar-refractivity contribution < 1.29 is 4.79 Å². The van der Waals surface area contributed by atoms with Gasteiger partial charge in [0.2, 0.25) is 11.9 Å². The van der Waals surface area contributed by atoms with Gasteiger partial charge in [0.25, 0.3) is 0 Å². The summed E-state index contributed by atoms with van der Waals surface area (Å²) in [7, 11) is 0. The first-order valence-corrected chi connectivity index (χ1v) is 9.64. The number of anilines is 1. The fourth-order valence-corrected chi connectivity index (χ4v) is 3.20. The Kier molecular flexibility index (Phi) is 6.43. The van der Waals surface area contributed by atoms with E-state index in [1.807, 2.05) is 38.1 Å². The molecule has 1 heterocycles. The van der Waals surface area contributed by atoms with Crippen molar-refractivity contribution in [2.45, 2.75) is 51.5 Å². The van der Waals surface area contributed by atoms with Crippen LogP contribution in [0.4, 0.5) is 5.95 Å². The predicted octanol–water partition coefficient (Wildman–Crippen LogP) is 3.47. The summed E-state index contributed by atoms with van der Waals surface area (Å²) < 4.78 is 0. The zero-order valence-corrected chi connectivity index (χ0v) is 16.0. The SMILES string of the molecule is CCNC(=O)C(C)c1ccc(C#Cc2cnc(NC3CCCC3)nc2)cc1. The van der Waals surface area contributed by atoms with E-state index in [0.29, 0.717) is 18.5 Å². The molecule has 1 aromatic carbocycles. The van der Waals surface area contributed by atoms with E-state index in [1.54, 1.807) is 12.4 Å². The highest BCUT2D eigenvalue weighted by Gasteiger charge is 2.15. The maximum Gasteiger partial charge on any atom is 0.227 e. The molecule has 1 saturated carbocycles. The molecule has 140 valence electrons. The van der Waals surface area contributed by atoms with E-state index in [2.05, 4.69) is 32.4 Å². The van der Waals surface area contributed by atoms with Gasteiger partial charge in [-0.15, -0.1) is 0 Å². The Morgan fingerprint density at radius 2 is 1.74 bits per heavy atom. The summed E-state index contributed by atoms with van der Waals surface area (Å²) in [4.78, 5) is 20.6. The second kappa shape index (κ2) is 9.18. The number of benzene rings is 1. The number of aromatic nitrogens is 2. The highest BCUT2D eigenvalue weighted by Crippen LogP contribution is 2.20. The van der Waals surface area contributed by atoms with Gasteiger partial charge < -0.3 is 10.6 Å². The highest BCUT2D eigenvalue weighted by atomic mass is 16.1. The summed E-state index contributed by atoms with van der Waals surface area (Å²) in [5.74, 6) is 6.77. The molecule has 0 radical (unpaired) electrons. The standard InChI is InChI=1S/C22H26N4O/c1-3-23-21(27)16(2)19-12-10-17(11-13-19)8-9-18-14-24-22(25-15-18)26-20-6-4-5-7-20/h10-16,20H,3-7H2,1-2H3,(H,23,27)(H,24,25,26). The molecule has 0 bridgehead atoms. The van der Waals surface area contributed by atoms with Crippen LogP contribution >= 0.6 is 0 Å². The van der Waals surface area contributed by atoms with E-state index in [0.717, 1.165) is 16.7 Å². The summed E-state index contributed by atoms with van der Waals surface area (Å²) in [5, 5.41) is 6.22. The van der Waals surface area contributed by atoms with Gasteiger partial charge in [-0.05, 0) is 44.4 Å². The lowest BCUT2D eigenvalue weighted by atomic mass is 9.99. The zero-order chi connectivity index (χ0) is 19.1. The Morgan fingerprint density at radius 3 is 2.37 bits per heavy atom. The largest absolute Gasteiger partial charge is 0.356 e. The van der Waals surface area contributed by atoms with Gasteiger partial charge in [-0.2, -0.15) is 0 Å². The molecule has 0 saturated heterocycles. The van der Waals surface area contributed by atoms with Crippen molar-refractivity contribution in [2.75, 3.05) is 11.9 Å². The fraction of sp³-hybridized carbons (Fsp3) is 0.409. The lowest BCUT2D eigenvalue weighted by Gasteiger charge is -2.11. The van der Waals surface area contributed by atoms with Gasteiger partial charge in [-0.3, -0.25) is 4.79 Å². The van der Waals surface area contributed by atoms with Gasteiger partial charge in [-0.1, -0.05) is 36.8 Å². The van der Waals surface area contributed by atoms with E-state index in [1.165, 1.54) is 25.7 Å². The molecule has 1 atom stereocenters. The van der Waals surface area contributed by atoms with E-state index < -0.39 is 0 Å². The normalized spacial score (nSPS) is 14.9. The molecule has 1 fully saturated rings. The van der Waals surface area contributed by atoms with Crippen molar-refractivity contribution in [3.05, 3.63) is 53.3 Å². The van der Waals surface area contributed by atoms with Gasteiger partial charge in [0.1, 0.15) is 0 Å². The predicted molar refractivity (Wildman–Crippen MR) is 107 cm³/mol. The number of nitrogens with zero attached hydrogens (tertiary/aromatic N) is 2.